The van der Waals surface area contributed by atoms with Crippen LogP contribution in [0.1, 0.15) is 2.85 Å². The second kappa shape index (κ2) is 1.73. The Labute approximate surface area is 31.8 Å². The molecule has 3 nitrogen and oxygen atoms in total. The van der Waals surface area contributed by atoms with Crippen molar-refractivity contribution in [3.63, 3.8) is 0 Å². The minimum atomic E-state index is -3.94. The zero-order valence-corrected chi connectivity index (χ0v) is 3.55. The van der Waals surface area contributed by atoms with Crippen LogP contribution in [0.3, 0.4) is 0 Å². The molecule has 4 heavy (non-hydrogen) atoms. The first-order chi connectivity index (χ1) is 1.73. The van der Waals surface area contributed by atoms with E-state index in [0.717, 1.165) is 0 Å². The van der Waals surface area contributed by atoms with Crippen molar-refractivity contribution in [3.8, 4) is 0 Å². The summed E-state index contributed by atoms with van der Waals surface area (Å²) in [7, 11) is 0. The van der Waals surface area contributed by atoms with Gasteiger partial charge in [-0.05, 0) is 0 Å². The maximum absolute atomic E-state index is 8.56. The van der Waals surface area contributed by atoms with E-state index in [1.54, 1.807) is 0 Å². The molecular formula is H2AsO3-. The SMILES string of the molecule is [H+].[H+].[O-][As]([O-])[O-]. The third-order valence-corrected chi connectivity index (χ3v) is 0. The fourth-order valence-corrected chi connectivity index (χ4v) is 0. The van der Waals surface area contributed by atoms with Crippen molar-refractivity contribution in [1.29, 1.82) is 0 Å². The van der Waals surface area contributed by atoms with E-state index in [9.17, 15) is 0 Å². The summed E-state index contributed by atoms with van der Waals surface area (Å²) in [4.78, 5) is 0. The Morgan fingerprint density at radius 3 is 1.25 bits per heavy atom. The van der Waals surface area contributed by atoms with E-state index in [-0.39, 0.29) is 2.85 Å². The normalized spacial score (nSPS) is 9.00. The molecule has 0 saturated heterocycles. The van der Waals surface area contributed by atoms with Gasteiger partial charge in [0.15, 0.2) is 0 Å². The van der Waals surface area contributed by atoms with Crippen molar-refractivity contribution < 1.29 is 15.1 Å². The van der Waals surface area contributed by atoms with Crippen molar-refractivity contribution in [1.82, 2.24) is 0 Å². The molecule has 0 N–H and O–H groups in total. The van der Waals surface area contributed by atoms with E-state index in [1.165, 1.54) is 0 Å². The Hall–Kier alpha value is 0.438. The molecular weight excluding hydrogens is 123 g/mol. The van der Waals surface area contributed by atoms with Crippen molar-refractivity contribution in [2.45, 2.75) is 0 Å². The average Bonchev–Trinajstić information content (AvgIpc) is 0.811. The molecule has 0 fully saturated rings. The van der Waals surface area contributed by atoms with Gasteiger partial charge in [0.1, 0.15) is 0 Å². The molecule has 0 aliphatic carbocycles. The molecule has 4 heteroatoms. The maximum atomic E-state index is 8.56. The molecule has 0 saturated carbocycles. The van der Waals surface area contributed by atoms with Crippen LogP contribution in [0.15, 0.2) is 0 Å². The van der Waals surface area contributed by atoms with Crippen molar-refractivity contribution >= 4 is 15.7 Å². The third kappa shape index (κ3) is 26.2. The van der Waals surface area contributed by atoms with Crippen LogP contribution in [-0.2, 0) is 0 Å². The molecule has 0 amide bonds. The molecule has 0 atom stereocenters. The zero-order valence-electron chi connectivity index (χ0n) is 3.67. The third-order valence-electron chi connectivity index (χ3n) is 0. The molecule has 0 aromatic rings. The molecule has 0 bridgehead atoms. The van der Waals surface area contributed by atoms with Gasteiger partial charge in [0.2, 0.25) is 0 Å². The van der Waals surface area contributed by atoms with Gasteiger partial charge < -0.3 is 0 Å². The van der Waals surface area contributed by atoms with Crippen LogP contribution < -0.4 is 12.3 Å². The van der Waals surface area contributed by atoms with Crippen LogP contribution in [0.5, 0.6) is 0 Å². The summed E-state index contributed by atoms with van der Waals surface area (Å²) in [5.41, 5.74) is 0. The first kappa shape index (κ1) is 4.44. The summed E-state index contributed by atoms with van der Waals surface area (Å²) < 4.78 is 25.7. The topological polar surface area (TPSA) is 69.2 Å². The second-order valence-corrected chi connectivity index (χ2v) is 1.16. The van der Waals surface area contributed by atoms with E-state index < -0.39 is 15.7 Å². The minimum absolute atomic E-state index is 0. The fourth-order valence-electron chi connectivity index (χ4n) is 0. The Morgan fingerprint density at radius 1 is 1.25 bits per heavy atom. The first-order valence-electron chi connectivity index (χ1n) is 0.548. The molecule has 26 valence electrons. The Kier molecular flexibility index (Phi) is 1.92. The van der Waals surface area contributed by atoms with Gasteiger partial charge in [0.05, 0.1) is 0 Å². The van der Waals surface area contributed by atoms with Crippen LogP contribution >= 0.6 is 0 Å². The van der Waals surface area contributed by atoms with E-state index in [4.69, 9.17) is 12.3 Å². The van der Waals surface area contributed by atoms with Crippen molar-refractivity contribution in [2.24, 2.45) is 0 Å². The molecule has 0 radical (unpaired) electrons. The molecule has 0 aliphatic rings. The van der Waals surface area contributed by atoms with Gasteiger partial charge in [0.25, 0.3) is 0 Å². The Morgan fingerprint density at radius 2 is 1.25 bits per heavy atom. The first-order valence-corrected chi connectivity index (χ1v) is 2.85. The predicted octanol–water partition coefficient (Wildman–Crippen LogP) is -3.72. The van der Waals surface area contributed by atoms with Crippen LogP contribution in [0.25, 0.3) is 0 Å². The number of hydrogen-bond acceptors (Lipinski definition) is 3. The van der Waals surface area contributed by atoms with Gasteiger partial charge in [-0.15, -0.1) is 0 Å². The molecule has 0 unspecified atom stereocenters. The van der Waals surface area contributed by atoms with E-state index >= 15 is 0 Å². The average molecular weight is 125 g/mol. The van der Waals surface area contributed by atoms with E-state index in [2.05, 4.69) is 0 Å². The van der Waals surface area contributed by atoms with Gasteiger partial charge in [0, 0.05) is 0 Å². The number of hydrogen-bond donors (Lipinski definition) is 0. The molecule has 0 spiro atoms. The van der Waals surface area contributed by atoms with Crippen LogP contribution in [0.2, 0.25) is 0 Å². The molecule has 0 aromatic carbocycles. The summed E-state index contributed by atoms with van der Waals surface area (Å²) in [5, 5.41) is 0. The van der Waals surface area contributed by atoms with Gasteiger partial charge in [-0.1, -0.05) is 0 Å². The second-order valence-electron chi connectivity index (χ2n) is 0.224. The van der Waals surface area contributed by atoms with Crippen LogP contribution in [0, 0.1) is 0 Å². The fraction of sp³-hybridized carbons (Fsp3) is 0. The monoisotopic (exact) mass is 125 g/mol. The predicted molar refractivity (Wildman–Crippen MR) is 7.98 cm³/mol. The Bertz CT molecular complexity index is 13.5. The number of rotatable bonds is 0. The summed E-state index contributed by atoms with van der Waals surface area (Å²) in [6.45, 7) is 0. The van der Waals surface area contributed by atoms with E-state index in [1.807, 2.05) is 0 Å². The summed E-state index contributed by atoms with van der Waals surface area (Å²) >= 11 is -3.94. The van der Waals surface area contributed by atoms with Gasteiger partial charge in [-0.3, -0.25) is 0 Å². The van der Waals surface area contributed by atoms with Crippen molar-refractivity contribution in [2.75, 3.05) is 0 Å². The summed E-state index contributed by atoms with van der Waals surface area (Å²) in [5.74, 6) is 0. The van der Waals surface area contributed by atoms with Gasteiger partial charge >= 0.3 is 30.8 Å². The van der Waals surface area contributed by atoms with Gasteiger partial charge in [-0.25, -0.2) is 0 Å². The van der Waals surface area contributed by atoms with Crippen molar-refractivity contribution in [3.05, 3.63) is 0 Å². The molecule has 0 aliphatic heterocycles. The Balaban J connectivity index is -0.0000000450. The molecule has 0 rings (SSSR count). The molecule has 0 heterocycles. The summed E-state index contributed by atoms with van der Waals surface area (Å²) in [6, 6.07) is 0. The van der Waals surface area contributed by atoms with E-state index in [0.29, 0.717) is 0 Å². The quantitative estimate of drug-likeness (QED) is 0.312. The standard InChI is InChI=1S/AsO3/c2-1(3)4/q-3/p+2. The van der Waals surface area contributed by atoms with Gasteiger partial charge in [-0.2, -0.15) is 0 Å². The van der Waals surface area contributed by atoms with Crippen LogP contribution in [-0.4, -0.2) is 15.7 Å². The summed E-state index contributed by atoms with van der Waals surface area (Å²) in [6.07, 6.45) is 0. The zero-order chi connectivity index (χ0) is 3.58. The molecule has 0 aromatic heterocycles. The van der Waals surface area contributed by atoms with Crippen LogP contribution in [0.4, 0.5) is 0 Å².